The number of aromatic nitrogens is 5. The Morgan fingerprint density at radius 1 is 1.33 bits per heavy atom. The molecule has 0 aliphatic carbocycles. The summed E-state index contributed by atoms with van der Waals surface area (Å²) in [6, 6.07) is 0. The van der Waals surface area contributed by atoms with Crippen LogP contribution >= 0.6 is 11.8 Å². The van der Waals surface area contributed by atoms with Crippen molar-refractivity contribution < 1.29 is 4.52 Å². The summed E-state index contributed by atoms with van der Waals surface area (Å²) in [4.78, 5) is 8.63. The van der Waals surface area contributed by atoms with Crippen molar-refractivity contribution in [2.75, 3.05) is 0 Å². The molecule has 2 rings (SSSR count). The lowest BCUT2D eigenvalue weighted by Crippen LogP contribution is -1.96. The molecule has 98 valence electrons. The van der Waals surface area contributed by atoms with Gasteiger partial charge in [-0.05, 0) is 5.92 Å². The van der Waals surface area contributed by atoms with E-state index < -0.39 is 0 Å². The summed E-state index contributed by atoms with van der Waals surface area (Å²) in [5, 5.41) is 11.6. The Morgan fingerprint density at radius 3 is 2.83 bits per heavy atom. The fourth-order valence-electron chi connectivity index (χ4n) is 1.42. The molecule has 0 saturated carbocycles. The molecular formula is C11H17N5OS. The van der Waals surface area contributed by atoms with Crippen LogP contribution in [0.4, 0.5) is 0 Å². The highest BCUT2D eigenvalue weighted by Crippen LogP contribution is 2.18. The molecule has 0 aliphatic rings. The van der Waals surface area contributed by atoms with Crippen LogP contribution in [0, 0.1) is 5.92 Å². The molecular weight excluding hydrogens is 250 g/mol. The Labute approximate surface area is 110 Å². The molecule has 6 nitrogen and oxygen atoms in total. The molecule has 7 heteroatoms. The number of aromatic amines is 1. The summed E-state index contributed by atoms with van der Waals surface area (Å²) < 4.78 is 5.17. The second kappa shape index (κ2) is 5.99. The van der Waals surface area contributed by atoms with Gasteiger partial charge < -0.3 is 4.52 Å². The van der Waals surface area contributed by atoms with Gasteiger partial charge in [-0.25, -0.2) is 4.98 Å². The molecule has 0 spiro atoms. The average molecular weight is 267 g/mol. The van der Waals surface area contributed by atoms with Crippen molar-refractivity contribution >= 4 is 11.8 Å². The lowest BCUT2D eigenvalue weighted by atomic mass is 10.1. The molecule has 18 heavy (non-hydrogen) atoms. The first-order valence-electron chi connectivity index (χ1n) is 6.03. The normalized spacial score (nSPS) is 11.3. The zero-order valence-corrected chi connectivity index (χ0v) is 11.6. The van der Waals surface area contributed by atoms with Gasteiger partial charge in [-0.1, -0.05) is 37.7 Å². The standard InChI is InChI=1S/C11H17N5OS/c1-4-8-13-11(15-14-8)18-6-10-12-9(16-17-10)5-7(2)3/h7H,4-6H2,1-3H3,(H,13,14,15). The van der Waals surface area contributed by atoms with Crippen LogP contribution in [-0.2, 0) is 18.6 Å². The van der Waals surface area contributed by atoms with Gasteiger partial charge in [-0.2, -0.15) is 4.98 Å². The Bertz CT molecular complexity index is 493. The van der Waals surface area contributed by atoms with E-state index in [-0.39, 0.29) is 0 Å². The minimum atomic E-state index is 0.531. The lowest BCUT2D eigenvalue weighted by Gasteiger charge is -1.95. The Kier molecular flexibility index (Phi) is 4.35. The fraction of sp³-hybridized carbons (Fsp3) is 0.636. The number of hydrogen-bond acceptors (Lipinski definition) is 6. The predicted molar refractivity (Wildman–Crippen MR) is 68.2 cm³/mol. The van der Waals surface area contributed by atoms with Gasteiger partial charge in [0.2, 0.25) is 11.0 Å². The molecule has 2 aromatic rings. The number of nitrogens with zero attached hydrogens (tertiary/aromatic N) is 4. The summed E-state index contributed by atoms with van der Waals surface area (Å²) >= 11 is 1.49. The van der Waals surface area contributed by atoms with Gasteiger partial charge in [0.05, 0.1) is 5.75 Å². The molecule has 0 radical (unpaired) electrons. The summed E-state index contributed by atoms with van der Waals surface area (Å²) in [5.41, 5.74) is 0. The van der Waals surface area contributed by atoms with Crippen molar-refractivity contribution in [1.82, 2.24) is 25.3 Å². The molecule has 2 aromatic heterocycles. The molecule has 0 aromatic carbocycles. The van der Waals surface area contributed by atoms with Gasteiger partial charge in [0.25, 0.3) is 0 Å². The van der Waals surface area contributed by atoms with Gasteiger partial charge in [0, 0.05) is 12.8 Å². The van der Waals surface area contributed by atoms with Crippen LogP contribution in [0.15, 0.2) is 9.68 Å². The summed E-state index contributed by atoms with van der Waals surface area (Å²) in [7, 11) is 0. The first kappa shape index (κ1) is 13.1. The molecule has 1 N–H and O–H groups in total. The van der Waals surface area contributed by atoms with Crippen molar-refractivity contribution in [3.8, 4) is 0 Å². The molecule has 2 heterocycles. The van der Waals surface area contributed by atoms with Crippen molar-refractivity contribution in [3.05, 3.63) is 17.5 Å². The molecule has 0 atom stereocenters. The van der Waals surface area contributed by atoms with E-state index in [0.717, 1.165) is 29.6 Å². The summed E-state index contributed by atoms with van der Waals surface area (Å²) in [6.07, 6.45) is 1.70. The molecule has 0 unspecified atom stereocenters. The molecule has 0 amide bonds. The maximum absolute atomic E-state index is 5.17. The van der Waals surface area contributed by atoms with Gasteiger partial charge >= 0.3 is 0 Å². The second-order valence-electron chi connectivity index (χ2n) is 4.41. The molecule has 0 aliphatic heterocycles. The van der Waals surface area contributed by atoms with Gasteiger partial charge in [0.1, 0.15) is 5.82 Å². The van der Waals surface area contributed by atoms with Gasteiger partial charge in [-0.3, -0.25) is 5.10 Å². The smallest absolute Gasteiger partial charge is 0.237 e. The third-order valence-electron chi connectivity index (χ3n) is 2.27. The Balaban J connectivity index is 1.87. The molecule has 0 saturated heterocycles. The first-order chi connectivity index (χ1) is 8.67. The van der Waals surface area contributed by atoms with E-state index in [1.165, 1.54) is 11.8 Å². The maximum atomic E-state index is 5.17. The lowest BCUT2D eigenvalue weighted by molar-refractivity contribution is 0.382. The minimum Gasteiger partial charge on any atom is -0.338 e. The van der Waals surface area contributed by atoms with E-state index in [1.807, 2.05) is 6.92 Å². The number of hydrogen-bond donors (Lipinski definition) is 1. The minimum absolute atomic E-state index is 0.531. The summed E-state index contributed by atoms with van der Waals surface area (Å²) in [5.74, 6) is 3.42. The van der Waals surface area contributed by atoms with Crippen LogP contribution in [0.25, 0.3) is 0 Å². The SMILES string of the molecule is CCc1nc(SCc2nc(CC(C)C)no2)n[nH]1. The van der Waals surface area contributed by atoms with Crippen LogP contribution < -0.4 is 0 Å². The van der Waals surface area contributed by atoms with Crippen LogP contribution in [0.2, 0.25) is 0 Å². The second-order valence-corrected chi connectivity index (χ2v) is 5.35. The van der Waals surface area contributed by atoms with Crippen LogP contribution in [-0.4, -0.2) is 25.3 Å². The highest BCUT2D eigenvalue weighted by atomic mass is 32.2. The topological polar surface area (TPSA) is 80.5 Å². The van der Waals surface area contributed by atoms with E-state index >= 15 is 0 Å². The zero-order valence-electron chi connectivity index (χ0n) is 10.8. The van der Waals surface area contributed by atoms with Gasteiger partial charge in [0.15, 0.2) is 5.82 Å². The number of H-pyrrole nitrogens is 1. The quantitative estimate of drug-likeness (QED) is 0.808. The largest absolute Gasteiger partial charge is 0.338 e. The third-order valence-corrected chi connectivity index (χ3v) is 3.10. The monoisotopic (exact) mass is 267 g/mol. The van der Waals surface area contributed by atoms with Gasteiger partial charge in [-0.15, -0.1) is 5.10 Å². The number of rotatable bonds is 6. The number of nitrogens with one attached hydrogen (secondary N) is 1. The zero-order chi connectivity index (χ0) is 13.0. The van der Waals surface area contributed by atoms with Crippen LogP contribution in [0.3, 0.4) is 0 Å². The highest BCUT2D eigenvalue weighted by Gasteiger charge is 2.10. The van der Waals surface area contributed by atoms with Crippen LogP contribution in [0.5, 0.6) is 0 Å². The van der Waals surface area contributed by atoms with Crippen molar-refractivity contribution in [3.63, 3.8) is 0 Å². The van der Waals surface area contributed by atoms with Crippen LogP contribution in [0.1, 0.15) is 38.3 Å². The predicted octanol–water partition coefficient (Wildman–Crippen LogP) is 2.24. The molecule has 0 bridgehead atoms. The van der Waals surface area contributed by atoms with Crippen molar-refractivity contribution in [2.24, 2.45) is 5.92 Å². The van der Waals surface area contributed by atoms with E-state index in [4.69, 9.17) is 4.52 Å². The van der Waals surface area contributed by atoms with Crippen molar-refractivity contribution in [2.45, 2.75) is 44.5 Å². The van der Waals surface area contributed by atoms with E-state index in [0.29, 0.717) is 17.6 Å². The first-order valence-corrected chi connectivity index (χ1v) is 7.01. The number of aryl methyl sites for hydroxylation is 1. The Hall–Kier alpha value is -1.37. The van der Waals surface area contributed by atoms with E-state index in [2.05, 4.69) is 39.2 Å². The van der Waals surface area contributed by atoms with E-state index in [1.54, 1.807) is 0 Å². The maximum Gasteiger partial charge on any atom is 0.237 e. The molecule has 0 fully saturated rings. The fourth-order valence-corrected chi connectivity index (χ4v) is 2.08. The highest BCUT2D eigenvalue weighted by molar-refractivity contribution is 7.98. The average Bonchev–Trinajstić information content (AvgIpc) is 2.94. The Morgan fingerprint density at radius 2 is 2.17 bits per heavy atom. The summed E-state index contributed by atoms with van der Waals surface area (Å²) in [6.45, 7) is 6.29. The third kappa shape index (κ3) is 3.56. The number of thioether (sulfide) groups is 1. The van der Waals surface area contributed by atoms with Crippen molar-refractivity contribution in [1.29, 1.82) is 0 Å². The van der Waals surface area contributed by atoms with E-state index in [9.17, 15) is 0 Å².